The highest BCUT2D eigenvalue weighted by Crippen LogP contribution is 2.44. The number of carbonyl (C=O) groups excluding carboxylic acids is 1. The first-order valence-corrected chi connectivity index (χ1v) is 5.78. The molecule has 1 saturated carbocycles. The largest absolute Gasteiger partial charge is 0.332 e. The normalized spacial score (nSPS) is 41.4. The second-order valence-electron chi connectivity index (χ2n) is 5.02. The van der Waals surface area contributed by atoms with E-state index in [0.29, 0.717) is 12.1 Å². The van der Waals surface area contributed by atoms with Crippen molar-refractivity contribution in [2.45, 2.75) is 50.6 Å². The maximum Gasteiger partial charge on any atom is 0.249 e. The third-order valence-electron chi connectivity index (χ3n) is 4.21. The lowest BCUT2D eigenvalue weighted by Gasteiger charge is -2.30. The lowest BCUT2D eigenvalue weighted by Crippen LogP contribution is -2.38. The molecule has 0 aromatic carbocycles. The summed E-state index contributed by atoms with van der Waals surface area (Å²) in [6.45, 7) is 3.86. The predicted octanol–water partition coefficient (Wildman–Crippen LogP) is 2.11. The van der Waals surface area contributed by atoms with Gasteiger partial charge in [0, 0.05) is 17.7 Å². The van der Waals surface area contributed by atoms with Crippen molar-refractivity contribution in [1.29, 1.82) is 0 Å². The lowest BCUT2D eigenvalue weighted by molar-refractivity contribution is -0.127. The van der Waals surface area contributed by atoms with Crippen LogP contribution >= 0.6 is 0 Å². The highest BCUT2D eigenvalue weighted by Gasteiger charge is 2.48. The third-order valence-corrected chi connectivity index (χ3v) is 4.21. The zero-order chi connectivity index (χ0) is 9.71. The van der Waals surface area contributed by atoms with Crippen molar-refractivity contribution in [2.75, 3.05) is 0 Å². The van der Waals surface area contributed by atoms with Gasteiger partial charge >= 0.3 is 0 Å². The van der Waals surface area contributed by atoms with Gasteiger partial charge in [0.2, 0.25) is 5.91 Å². The van der Waals surface area contributed by atoms with E-state index in [1.807, 2.05) is 0 Å². The molecule has 3 atom stereocenters. The van der Waals surface area contributed by atoms with Crippen LogP contribution in [0.15, 0.2) is 12.2 Å². The van der Waals surface area contributed by atoms with Crippen LogP contribution in [0.3, 0.4) is 0 Å². The van der Waals surface area contributed by atoms with Crippen molar-refractivity contribution in [2.24, 2.45) is 5.92 Å². The van der Waals surface area contributed by atoms with Crippen LogP contribution in [0, 0.1) is 5.92 Å². The van der Waals surface area contributed by atoms with Crippen LogP contribution in [0.5, 0.6) is 0 Å². The van der Waals surface area contributed by atoms with E-state index >= 15 is 0 Å². The van der Waals surface area contributed by atoms with Crippen molar-refractivity contribution in [1.82, 2.24) is 4.90 Å². The SMILES string of the molecule is C=C1C[C@H]2C[C@H]3CCCC[C@H]3N2C1=O. The van der Waals surface area contributed by atoms with Crippen molar-refractivity contribution in [3.63, 3.8) is 0 Å². The minimum atomic E-state index is 0.254. The van der Waals surface area contributed by atoms with Crippen molar-refractivity contribution >= 4 is 5.91 Å². The van der Waals surface area contributed by atoms with Gasteiger partial charge in [0.25, 0.3) is 0 Å². The fourth-order valence-corrected chi connectivity index (χ4v) is 3.62. The zero-order valence-electron chi connectivity index (χ0n) is 8.54. The Morgan fingerprint density at radius 3 is 2.93 bits per heavy atom. The highest BCUT2D eigenvalue weighted by molar-refractivity contribution is 5.96. The van der Waals surface area contributed by atoms with E-state index in [0.717, 1.165) is 17.9 Å². The molecule has 0 spiro atoms. The molecular weight excluding hydrogens is 174 g/mol. The summed E-state index contributed by atoms with van der Waals surface area (Å²) in [6.07, 6.45) is 7.44. The van der Waals surface area contributed by atoms with Gasteiger partial charge in [-0.1, -0.05) is 19.4 Å². The molecule has 0 aromatic heterocycles. The summed E-state index contributed by atoms with van der Waals surface area (Å²) < 4.78 is 0. The average molecular weight is 191 g/mol. The first-order chi connectivity index (χ1) is 6.77. The number of hydrogen-bond donors (Lipinski definition) is 0. The Morgan fingerprint density at radius 2 is 2.07 bits per heavy atom. The number of amides is 1. The summed E-state index contributed by atoms with van der Waals surface area (Å²) in [4.78, 5) is 14.0. The van der Waals surface area contributed by atoms with E-state index < -0.39 is 0 Å². The van der Waals surface area contributed by atoms with Gasteiger partial charge in [0.05, 0.1) is 0 Å². The predicted molar refractivity (Wildman–Crippen MR) is 54.8 cm³/mol. The van der Waals surface area contributed by atoms with Crippen molar-refractivity contribution in [3.8, 4) is 0 Å². The molecule has 0 unspecified atom stereocenters. The minimum Gasteiger partial charge on any atom is -0.332 e. The van der Waals surface area contributed by atoms with E-state index in [9.17, 15) is 4.79 Å². The van der Waals surface area contributed by atoms with Gasteiger partial charge in [-0.3, -0.25) is 4.79 Å². The third kappa shape index (κ3) is 0.999. The maximum absolute atomic E-state index is 11.9. The Morgan fingerprint density at radius 1 is 1.29 bits per heavy atom. The molecule has 1 aliphatic carbocycles. The Labute approximate surface area is 85.0 Å². The van der Waals surface area contributed by atoms with Gasteiger partial charge in [-0.25, -0.2) is 0 Å². The molecule has 2 saturated heterocycles. The molecule has 2 heteroatoms. The van der Waals surface area contributed by atoms with E-state index in [1.54, 1.807) is 0 Å². The van der Waals surface area contributed by atoms with Crippen LogP contribution < -0.4 is 0 Å². The van der Waals surface area contributed by atoms with E-state index in [1.165, 1.54) is 32.1 Å². The van der Waals surface area contributed by atoms with Crippen molar-refractivity contribution in [3.05, 3.63) is 12.2 Å². The summed E-state index contributed by atoms with van der Waals surface area (Å²) in [5, 5.41) is 0. The average Bonchev–Trinajstić information content (AvgIpc) is 2.65. The summed E-state index contributed by atoms with van der Waals surface area (Å²) in [7, 11) is 0. The summed E-state index contributed by atoms with van der Waals surface area (Å²) in [5.41, 5.74) is 0.846. The summed E-state index contributed by atoms with van der Waals surface area (Å²) >= 11 is 0. The number of nitrogens with zero attached hydrogens (tertiary/aromatic N) is 1. The van der Waals surface area contributed by atoms with Crippen LogP contribution in [0.25, 0.3) is 0 Å². The van der Waals surface area contributed by atoms with Gasteiger partial charge < -0.3 is 4.90 Å². The van der Waals surface area contributed by atoms with Gasteiger partial charge in [0.15, 0.2) is 0 Å². The number of carbonyl (C=O) groups is 1. The molecule has 2 heterocycles. The van der Waals surface area contributed by atoms with Gasteiger partial charge in [-0.15, -0.1) is 0 Å². The first-order valence-electron chi connectivity index (χ1n) is 5.78. The Bertz CT molecular complexity index is 297. The Balaban J connectivity index is 1.88. The monoisotopic (exact) mass is 191 g/mol. The van der Waals surface area contributed by atoms with Gasteiger partial charge in [-0.05, 0) is 31.6 Å². The molecule has 3 fully saturated rings. The van der Waals surface area contributed by atoms with E-state index in [2.05, 4.69) is 11.5 Å². The molecule has 0 N–H and O–H groups in total. The smallest absolute Gasteiger partial charge is 0.249 e. The molecule has 0 aromatic rings. The number of fused-ring (bicyclic) bond motifs is 3. The highest BCUT2D eigenvalue weighted by atomic mass is 16.2. The second kappa shape index (κ2) is 2.85. The van der Waals surface area contributed by atoms with Crippen LogP contribution in [0.4, 0.5) is 0 Å². The van der Waals surface area contributed by atoms with Crippen LogP contribution in [-0.2, 0) is 4.79 Å². The molecule has 1 amide bonds. The Kier molecular flexibility index (Phi) is 1.73. The Hall–Kier alpha value is -0.790. The second-order valence-corrected chi connectivity index (χ2v) is 5.02. The quantitative estimate of drug-likeness (QED) is 0.537. The zero-order valence-corrected chi connectivity index (χ0v) is 8.54. The van der Waals surface area contributed by atoms with Crippen molar-refractivity contribution < 1.29 is 4.79 Å². The minimum absolute atomic E-state index is 0.254. The maximum atomic E-state index is 11.9. The molecule has 0 bridgehead atoms. The molecule has 76 valence electrons. The first kappa shape index (κ1) is 8.51. The summed E-state index contributed by atoms with van der Waals surface area (Å²) in [5.74, 6) is 1.06. The molecular formula is C12H17NO. The summed E-state index contributed by atoms with van der Waals surface area (Å²) in [6, 6.07) is 1.09. The molecule has 3 rings (SSSR count). The standard InChI is InChI=1S/C12H17NO/c1-8-6-10-7-9-4-2-3-5-11(9)13(10)12(8)14/h9-11H,1-7H2/t9-,10+,11-/m1/s1. The number of rotatable bonds is 0. The molecule has 0 radical (unpaired) electrons. The number of hydrogen-bond acceptors (Lipinski definition) is 1. The molecule has 3 aliphatic rings. The topological polar surface area (TPSA) is 20.3 Å². The fourth-order valence-electron chi connectivity index (χ4n) is 3.62. The van der Waals surface area contributed by atoms with E-state index in [4.69, 9.17) is 0 Å². The van der Waals surface area contributed by atoms with Crippen LogP contribution in [0.1, 0.15) is 38.5 Å². The van der Waals surface area contributed by atoms with Gasteiger partial charge in [-0.2, -0.15) is 0 Å². The molecule has 14 heavy (non-hydrogen) atoms. The molecule has 2 aliphatic heterocycles. The van der Waals surface area contributed by atoms with Gasteiger partial charge in [0.1, 0.15) is 0 Å². The van der Waals surface area contributed by atoms with E-state index in [-0.39, 0.29) is 5.91 Å². The fraction of sp³-hybridized carbons (Fsp3) is 0.750. The van der Waals surface area contributed by atoms with Crippen LogP contribution in [-0.4, -0.2) is 22.9 Å². The molecule has 2 nitrogen and oxygen atoms in total. The van der Waals surface area contributed by atoms with Crippen LogP contribution in [0.2, 0.25) is 0 Å². The lowest BCUT2D eigenvalue weighted by atomic mass is 9.84.